The van der Waals surface area contributed by atoms with Crippen LogP contribution in [0.2, 0.25) is 0 Å². The van der Waals surface area contributed by atoms with Crippen LogP contribution in [0.5, 0.6) is 0 Å². The predicted molar refractivity (Wildman–Crippen MR) is 148 cm³/mol. The highest BCUT2D eigenvalue weighted by molar-refractivity contribution is 5.88. The molecule has 226 valence electrons. The van der Waals surface area contributed by atoms with Crippen molar-refractivity contribution in [2.24, 2.45) is 11.1 Å². The molecule has 0 aliphatic heterocycles. The minimum absolute atomic E-state index is 0.0433. The van der Waals surface area contributed by atoms with E-state index in [-0.39, 0.29) is 23.4 Å². The Labute approximate surface area is 244 Å². The van der Waals surface area contributed by atoms with Crippen molar-refractivity contribution in [3.63, 3.8) is 0 Å². The molecule has 1 unspecified atom stereocenters. The van der Waals surface area contributed by atoms with Crippen LogP contribution in [0.1, 0.15) is 63.0 Å². The molecule has 2 aromatic carbocycles. The van der Waals surface area contributed by atoms with Gasteiger partial charge in [-0.25, -0.2) is 9.67 Å². The Morgan fingerprint density at radius 1 is 1.07 bits per heavy atom. The third kappa shape index (κ3) is 6.73. The number of nitrogens with zero attached hydrogens (tertiary/aromatic N) is 6. The quantitative estimate of drug-likeness (QED) is 0.220. The van der Waals surface area contributed by atoms with E-state index in [1.165, 1.54) is 30.6 Å². The number of hydrogen-bond acceptors (Lipinski definition) is 7. The van der Waals surface area contributed by atoms with E-state index in [1.807, 2.05) is 26.8 Å². The molecule has 0 spiro atoms. The summed E-state index contributed by atoms with van der Waals surface area (Å²) in [5.74, 6) is -0.877. The second-order valence-corrected chi connectivity index (χ2v) is 11.2. The standard InChI is InChI=1S/C29H30F4N8O2/c1-28(2,3)15-29(35,21-8-6-17(7-9-21)20-12-37-40(13-20)26(30)31)25(43)39-23(14-42)18-4-5-19(11-34)22(10-18)24-36-16-38-41(24)27(32)33/h4-10,12-13,16,23,26-27,42H,14-15,35H2,1-3H3,(H,39,43)/t23-,29?/m1/s1. The minimum atomic E-state index is -3.01. The third-order valence-electron chi connectivity index (χ3n) is 6.80. The summed E-state index contributed by atoms with van der Waals surface area (Å²) in [6, 6.07) is 11.7. The largest absolute Gasteiger partial charge is 0.394 e. The maximum absolute atomic E-state index is 13.9. The van der Waals surface area contributed by atoms with Gasteiger partial charge in [-0.3, -0.25) is 4.79 Å². The number of aliphatic hydroxyl groups is 1. The molecular formula is C29H30F4N8O2. The number of nitrogens with one attached hydrogen (secondary N) is 1. The van der Waals surface area contributed by atoms with E-state index < -0.39 is 42.6 Å². The van der Waals surface area contributed by atoms with Crippen molar-refractivity contribution in [1.82, 2.24) is 29.9 Å². The van der Waals surface area contributed by atoms with Crippen LogP contribution in [0.25, 0.3) is 22.5 Å². The number of nitrogens with two attached hydrogens (primary N) is 1. The molecule has 2 atom stereocenters. The zero-order chi connectivity index (χ0) is 31.5. The number of halogens is 4. The van der Waals surface area contributed by atoms with Gasteiger partial charge in [-0.15, -0.1) is 0 Å². The number of alkyl halides is 4. The fraction of sp³-hybridized carbons (Fsp3) is 0.345. The maximum Gasteiger partial charge on any atom is 0.335 e. The van der Waals surface area contributed by atoms with E-state index in [2.05, 4.69) is 20.5 Å². The lowest BCUT2D eigenvalue weighted by Gasteiger charge is -2.36. The lowest BCUT2D eigenvalue weighted by atomic mass is 9.75. The molecule has 43 heavy (non-hydrogen) atoms. The Kier molecular flexibility index (Phi) is 8.98. The lowest BCUT2D eigenvalue weighted by molar-refractivity contribution is -0.129. The van der Waals surface area contributed by atoms with Crippen molar-refractivity contribution >= 4 is 5.91 Å². The number of carbonyl (C=O) groups excluding carboxylic acids is 1. The SMILES string of the molecule is CC(C)(C)CC(N)(C(=O)N[C@H](CO)c1ccc(C#N)c(-c2ncnn2C(F)F)c1)c1ccc(-c2cnn(C(F)F)c2)cc1. The molecule has 0 aliphatic rings. The fourth-order valence-electron chi connectivity index (χ4n) is 4.87. The highest BCUT2D eigenvalue weighted by Crippen LogP contribution is 2.35. The summed E-state index contributed by atoms with van der Waals surface area (Å²) < 4.78 is 53.8. The van der Waals surface area contributed by atoms with E-state index >= 15 is 0 Å². The number of aromatic nitrogens is 5. The van der Waals surface area contributed by atoms with E-state index in [0.29, 0.717) is 31.6 Å². The van der Waals surface area contributed by atoms with Crippen molar-refractivity contribution in [2.75, 3.05) is 6.61 Å². The van der Waals surface area contributed by atoms with Crippen LogP contribution in [-0.2, 0) is 10.3 Å². The second kappa shape index (κ2) is 12.3. The molecule has 10 nitrogen and oxygen atoms in total. The molecule has 0 fully saturated rings. The Balaban J connectivity index is 1.67. The average molecular weight is 599 g/mol. The number of hydrogen-bond donors (Lipinski definition) is 3. The first kappa shape index (κ1) is 31.3. The maximum atomic E-state index is 13.9. The van der Waals surface area contributed by atoms with Crippen molar-refractivity contribution in [1.29, 1.82) is 5.26 Å². The number of benzene rings is 2. The Morgan fingerprint density at radius 3 is 2.33 bits per heavy atom. The molecule has 0 radical (unpaired) electrons. The summed E-state index contributed by atoms with van der Waals surface area (Å²) in [6.07, 6.45) is 3.63. The van der Waals surface area contributed by atoms with Crippen molar-refractivity contribution in [3.8, 4) is 28.6 Å². The first-order valence-corrected chi connectivity index (χ1v) is 13.1. The molecule has 4 N–H and O–H groups in total. The highest BCUT2D eigenvalue weighted by atomic mass is 19.3. The summed E-state index contributed by atoms with van der Waals surface area (Å²) in [7, 11) is 0. The van der Waals surface area contributed by atoms with Crippen LogP contribution in [0, 0.1) is 16.7 Å². The number of amides is 1. The number of aliphatic hydroxyl groups excluding tert-OH is 1. The minimum Gasteiger partial charge on any atom is -0.394 e. The molecule has 4 aromatic rings. The van der Waals surface area contributed by atoms with Gasteiger partial charge in [0, 0.05) is 17.3 Å². The van der Waals surface area contributed by atoms with Gasteiger partial charge in [0.25, 0.3) is 0 Å². The summed E-state index contributed by atoms with van der Waals surface area (Å²) in [5, 5.41) is 29.8. The van der Waals surface area contributed by atoms with E-state index in [1.54, 1.807) is 24.3 Å². The zero-order valence-corrected chi connectivity index (χ0v) is 23.5. The van der Waals surface area contributed by atoms with Crippen LogP contribution in [0.15, 0.2) is 61.2 Å². The zero-order valence-electron chi connectivity index (χ0n) is 23.5. The first-order valence-electron chi connectivity index (χ1n) is 13.1. The molecule has 2 aromatic heterocycles. The third-order valence-corrected chi connectivity index (χ3v) is 6.80. The molecule has 2 heterocycles. The summed E-state index contributed by atoms with van der Waals surface area (Å²) in [4.78, 5) is 17.7. The van der Waals surface area contributed by atoms with Gasteiger partial charge >= 0.3 is 13.1 Å². The Morgan fingerprint density at radius 2 is 1.77 bits per heavy atom. The number of nitriles is 1. The van der Waals surface area contributed by atoms with Gasteiger partial charge in [0.2, 0.25) is 5.91 Å². The monoisotopic (exact) mass is 598 g/mol. The normalized spacial score (nSPS) is 14.0. The van der Waals surface area contributed by atoms with Crippen LogP contribution < -0.4 is 11.1 Å². The topological polar surface area (TPSA) is 148 Å². The van der Waals surface area contributed by atoms with E-state index in [4.69, 9.17) is 5.73 Å². The molecule has 0 bridgehead atoms. The lowest BCUT2D eigenvalue weighted by Crippen LogP contribution is -2.54. The summed E-state index contributed by atoms with van der Waals surface area (Å²) in [6.45, 7) is -0.644. The van der Waals surface area contributed by atoms with Crippen LogP contribution in [0.4, 0.5) is 17.6 Å². The molecular weight excluding hydrogens is 568 g/mol. The van der Waals surface area contributed by atoms with Gasteiger partial charge in [-0.2, -0.15) is 37.7 Å². The van der Waals surface area contributed by atoms with Crippen molar-refractivity contribution < 1.29 is 27.5 Å². The number of carbonyl (C=O) groups is 1. The number of rotatable bonds is 10. The van der Waals surface area contributed by atoms with Gasteiger partial charge < -0.3 is 16.2 Å². The van der Waals surface area contributed by atoms with Gasteiger partial charge in [0.05, 0.1) is 30.5 Å². The average Bonchev–Trinajstić information content (AvgIpc) is 3.65. The van der Waals surface area contributed by atoms with Gasteiger partial charge in [-0.05, 0) is 40.7 Å². The smallest absolute Gasteiger partial charge is 0.335 e. The summed E-state index contributed by atoms with van der Waals surface area (Å²) in [5.41, 5.74) is 6.67. The molecule has 0 saturated heterocycles. The Bertz CT molecular complexity index is 1620. The van der Waals surface area contributed by atoms with E-state index in [9.17, 15) is 32.7 Å². The van der Waals surface area contributed by atoms with Gasteiger partial charge in [0.15, 0.2) is 5.82 Å². The fourth-order valence-corrected chi connectivity index (χ4v) is 4.87. The molecule has 1 amide bonds. The second-order valence-electron chi connectivity index (χ2n) is 11.2. The molecule has 4 rings (SSSR count). The van der Waals surface area contributed by atoms with Crippen molar-refractivity contribution in [2.45, 2.75) is 51.9 Å². The van der Waals surface area contributed by atoms with Gasteiger partial charge in [-0.1, -0.05) is 51.1 Å². The predicted octanol–water partition coefficient (Wildman–Crippen LogP) is 4.91. The Hall–Kier alpha value is -4.61. The van der Waals surface area contributed by atoms with Crippen LogP contribution >= 0.6 is 0 Å². The first-order chi connectivity index (χ1) is 20.3. The summed E-state index contributed by atoms with van der Waals surface area (Å²) >= 11 is 0. The van der Waals surface area contributed by atoms with Crippen LogP contribution in [-0.4, -0.2) is 42.2 Å². The molecule has 0 aliphatic carbocycles. The van der Waals surface area contributed by atoms with Crippen LogP contribution in [0.3, 0.4) is 0 Å². The molecule has 0 saturated carbocycles. The molecule has 14 heteroatoms. The van der Waals surface area contributed by atoms with Crippen molar-refractivity contribution in [3.05, 3.63) is 77.9 Å². The highest BCUT2D eigenvalue weighted by Gasteiger charge is 2.40. The van der Waals surface area contributed by atoms with Gasteiger partial charge in [0.1, 0.15) is 11.9 Å². The van der Waals surface area contributed by atoms with E-state index in [0.717, 1.165) is 6.33 Å².